The van der Waals surface area contributed by atoms with Crippen LogP contribution < -0.4 is 21.3 Å². The van der Waals surface area contributed by atoms with E-state index in [1.165, 1.54) is 0 Å². The molecule has 8 aromatic rings. The molecule has 0 amide bonds. The van der Waals surface area contributed by atoms with E-state index in [2.05, 4.69) is 110 Å². The quantitative estimate of drug-likeness (QED) is 0.0691. The Morgan fingerprint density at radius 1 is 0.593 bits per heavy atom. The molecule has 0 aliphatic heterocycles. The van der Waals surface area contributed by atoms with Crippen LogP contribution in [0.1, 0.15) is 11.1 Å². The van der Waals surface area contributed by atoms with E-state index in [9.17, 15) is 0 Å². The Morgan fingerprint density at radius 3 is 1.49 bits per heavy atom. The summed E-state index contributed by atoms with van der Waals surface area (Å²) in [6.45, 7) is 4.46. The van der Waals surface area contributed by atoms with Crippen LogP contribution in [-0.4, -0.2) is 91.5 Å². The highest BCUT2D eigenvalue weighted by molar-refractivity contribution is 9.11. The molecule has 0 atom stereocenters. The van der Waals surface area contributed by atoms with Gasteiger partial charge in [-0.2, -0.15) is 19.2 Å². The minimum absolute atomic E-state index is 0.621. The van der Waals surface area contributed by atoms with Crippen molar-refractivity contribution in [1.82, 2.24) is 44.1 Å². The van der Waals surface area contributed by atoms with Crippen molar-refractivity contribution < 1.29 is 4.74 Å². The first kappa shape index (κ1) is 41.2. The predicted octanol–water partition coefficient (Wildman–Crippen LogP) is 8.36. The van der Waals surface area contributed by atoms with Crippen molar-refractivity contribution >= 4 is 66.4 Å². The second-order valence-corrected chi connectivity index (χ2v) is 15.4. The summed E-state index contributed by atoms with van der Waals surface area (Å²) < 4.78 is 10.4. The zero-order chi connectivity index (χ0) is 41.0. The second kappa shape index (κ2) is 20.2. The fraction of sp³-hybridized carbons (Fsp3) is 0.209. The SMILES string of the molecule is CN(C)CCNc1ccc(CNc2cc(-c3ccccc3)nc3c(Br)cnn23)cn1.COCCNc1ccc(CNc2cc(-c3ccccc3)nc3c(Br)cnn23)cn1. The second-order valence-electron chi connectivity index (χ2n) is 13.7. The molecule has 0 bridgehead atoms. The number of fused-ring (bicyclic) bond motifs is 2. The lowest BCUT2D eigenvalue weighted by atomic mass is 10.1. The fourth-order valence-corrected chi connectivity index (χ4v) is 6.68. The molecule has 6 aromatic heterocycles. The minimum Gasteiger partial charge on any atom is -0.383 e. The maximum Gasteiger partial charge on any atom is 0.172 e. The van der Waals surface area contributed by atoms with Gasteiger partial charge >= 0.3 is 0 Å². The molecule has 0 saturated heterocycles. The molecule has 2 aromatic carbocycles. The average molecular weight is 920 g/mol. The van der Waals surface area contributed by atoms with Crippen molar-refractivity contribution in [3.63, 3.8) is 0 Å². The number of pyridine rings is 2. The maximum absolute atomic E-state index is 5.04. The zero-order valence-electron chi connectivity index (χ0n) is 33.0. The van der Waals surface area contributed by atoms with E-state index in [1.807, 2.05) is 91.3 Å². The standard InChI is InChI=1S/C22H24BrN7.C21H21BrN6O/c1-29(2)11-10-24-20-9-8-16(13-25-20)14-26-21-12-19(17-6-4-3-5-7-17)28-22-18(23)15-27-30(21)22;1-29-10-9-23-19-8-7-15(12-24-19)13-25-20-11-18(16-5-3-2-4-6-16)27-21-17(22)14-26-28(20)21/h3-9,12-13,15,26H,10-11,14H2,1-2H3,(H,24,25);2-8,11-12,14,25H,9-10,13H2,1H3,(H,23,24). The van der Waals surface area contributed by atoms with Crippen molar-refractivity contribution in [2.45, 2.75) is 13.1 Å². The molecule has 6 heterocycles. The Bertz CT molecular complexity index is 2550. The van der Waals surface area contributed by atoms with Gasteiger partial charge in [0.15, 0.2) is 11.3 Å². The minimum atomic E-state index is 0.621. The van der Waals surface area contributed by atoms with Gasteiger partial charge in [0.1, 0.15) is 23.3 Å². The summed E-state index contributed by atoms with van der Waals surface area (Å²) in [6, 6.07) is 32.4. The third-order valence-corrected chi connectivity index (χ3v) is 10.2. The molecule has 4 N–H and O–H groups in total. The van der Waals surface area contributed by atoms with Gasteiger partial charge in [-0.1, -0.05) is 72.8 Å². The number of nitrogens with one attached hydrogen (secondary N) is 4. The number of anilines is 4. The van der Waals surface area contributed by atoms with Crippen LogP contribution in [0.2, 0.25) is 0 Å². The first-order valence-corrected chi connectivity index (χ1v) is 20.6. The van der Waals surface area contributed by atoms with E-state index in [1.54, 1.807) is 28.5 Å². The third-order valence-electron chi connectivity index (χ3n) is 9.07. The van der Waals surface area contributed by atoms with Crippen molar-refractivity contribution in [2.24, 2.45) is 0 Å². The number of likely N-dealkylation sites (N-methyl/N-ethyl adjacent to an activating group) is 1. The molecular weight excluding hydrogens is 874 g/mol. The van der Waals surface area contributed by atoms with Crippen molar-refractivity contribution in [3.8, 4) is 22.5 Å². The summed E-state index contributed by atoms with van der Waals surface area (Å²) in [6.07, 6.45) is 7.26. The predicted molar refractivity (Wildman–Crippen MR) is 243 cm³/mol. The smallest absolute Gasteiger partial charge is 0.172 e. The Hall–Kier alpha value is -5.94. The number of benzene rings is 2. The lowest BCUT2D eigenvalue weighted by molar-refractivity contribution is 0.210. The van der Waals surface area contributed by atoms with Crippen LogP contribution in [0, 0.1) is 0 Å². The Kier molecular flexibility index (Phi) is 14.1. The number of ether oxygens (including phenoxy) is 1. The Labute approximate surface area is 359 Å². The van der Waals surface area contributed by atoms with Crippen LogP contribution in [-0.2, 0) is 17.8 Å². The summed E-state index contributed by atoms with van der Waals surface area (Å²) in [4.78, 5) is 20.6. The molecule has 0 fully saturated rings. The van der Waals surface area contributed by atoms with Crippen LogP contribution in [0.3, 0.4) is 0 Å². The number of halogens is 2. The lowest BCUT2D eigenvalue weighted by Crippen LogP contribution is -2.21. The number of methoxy groups -OCH3 is 1. The van der Waals surface area contributed by atoms with Gasteiger partial charge in [0.25, 0.3) is 0 Å². The van der Waals surface area contributed by atoms with Gasteiger partial charge in [-0.05, 0) is 69.2 Å². The van der Waals surface area contributed by atoms with Crippen LogP contribution in [0.5, 0.6) is 0 Å². The third kappa shape index (κ3) is 11.0. The fourth-order valence-electron chi connectivity index (χ4n) is 5.98. The lowest BCUT2D eigenvalue weighted by Gasteiger charge is -2.12. The highest BCUT2D eigenvalue weighted by Gasteiger charge is 2.13. The molecule has 0 aliphatic carbocycles. The largest absolute Gasteiger partial charge is 0.383 e. The number of nitrogens with zero attached hydrogens (tertiary/aromatic N) is 9. The van der Waals surface area contributed by atoms with Crippen molar-refractivity contribution in [3.05, 3.63) is 142 Å². The van der Waals surface area contributed by atoms with E-state index >= 15 is 0 Å². The van der Waals surface area contributed by atoms with Crippen LogP contribution >= 0.6 is 31.9 Å². The van der Waals surface area contributed by atoms with Crippen LogP contribution in [0.25, 0.3) is 33.8 Å². The molecule has 14 nitrogen and oxygen atoms in total. The molecule has 0 saturated carbocycles. The van der Waals surface area contributed by atoms with Gasteiger partial charge in [0.05, 0.1) is 39.3 Å². The molecule has 0 spiro atoms. The molecular formula is C43H45Br2N13O. The molecule has 59 heavy (non-hydrogen) atoms. The van der Waals surface area contributed by atoms with E-state index in [0.717, 1.165) is 96.8 Å². The van der Waals surface area contributed by atoms with E-state index < -0.39 is 0 Å². The van der Waals surface area contributed by atoms with Crippen LogP contribution in [0.4, 0.5) is 23.3 Å². The first-order chi connectivity index (χ1) is 28.8. The van der Waals surface area contributed by atoms with Gasteiger partial charge in [-0.15, -0.1) is 0 Å². The van der Waals surface area contributed by atoms with Crippen molar-refractivity contribution in [1.29, 1.82) is 0 Å². The van der Waals surface area contributed by atoms with Gasteiger partial charge in [-0.25, -0.2) is 19.9 Å². The summed E-state index contributed by atoms with van der Waals surface area (Å²) in [7, 11) is 5.80. The highest BCUT2D eigenvalue weighted by Crippen LogP contribution is 2.28. The van der Waals surface area contributed by atoms with Gasteiger partial charge in [0.2, 0.25) is 0 Å². The molecule has 0 unspecified atom stereocenters. The number of rotatable bonds is 16. The first-order valence-electron chi connectivity index (χ1n) is 19.0. The summed E-state index contributed by atoms with van der Waals surface area (Å²) >= 11 is 7.09. The number of aromatic nitrogens is 8. The van der Waals surface area contributed by atoms with Crippen LogP contribution in [0.15, 0.2) is 131 Å². The molecule has 302 valence electrons. The Balaban J connectivity index is 0.000000179. The monoisotopic (exact) mass is 917 g/mol. The van der Waals surface area contributed by atoms with E-state index in [0.29, 0.717) is 19.7 Å². The Morgan fingerprint density at radius 2 is 1.07 bits per heavy atom. The molecule has 16 heteroatoms. The maximum atomic E-state index is 5.04. The number of hydrogen-bond donors (Lipinski definition) is 4. The molecule has 8 rings (SSSR count). The summed E-state index contributed by atoms with van der Waals surface area (Å²) in [5.74, 6) is 3.45. The van der Waals surface area contributed by atoms with E-state index in [-0.39, 0.29) is 0 Å². The highest BCUT2D eigenvalue weighted by atomic mass is 79.9. The molecule has 0 radical (unpaired) electrons. The van der Waals surface area contributed by atoms with Gasteiger partial charge < -0.3 is 30.9 Å². The van der Waals surface area contributed by atoms with Gasteiger partial charge in [0, 0.05) is 75.5 Å². The topological polar surface area (TPSA) is 147 Å². The van der Waals surface area contributed by atoms with Crippen molar-refractivity contribution in [2.75, 3.05) is 68.7 Å². The van der Waals surface area contributed by atoms with E-state index in [4.69, 9.17) is 14.7 Å². The molecule has 0 aliphatic rings. The summed E-state index contributed by atoms with van der Waals surface area (Å²) in [5, 5.41) is 22.4. The number of hydrogen-bond acceptors (Lipinski definition) is 12. The average Bonchev–Trinajstić information content (AvgIpc) is 3.85. The van der Waals surface area contributed by atoms with Gasteiger partial charge in [-0.3, -0.25) is 0 Å². The zero-order valence-corrected chi connectivity index (χ0v) is 36.2. The normalized spacial score (nSPS) is 11.1. The summed E-state index contributed by atoms with van der Waals surface area (Å²) in [5.41, 5.74) is 7.60.